The third kappa shape index (κ3) is 6.16. The highest BCUT2D eigenvalue weighted by Gasteiger charge is 2.08. The van der Waals surface area contributed by atoms with E-state index in [-0.39, 0.29) is 5.57 Å². The zero-order chi connectivity index (χ0) is 10.3. The van der Waals surface area contributed by atoms with Gasteiger partial charge in [-0.1, -0.05) is 0 Å². The average Bonchev–Trinajstić information content (AvgIpc) is 2.03. The minimum Gasteiger partial charge on any atom is -0.501 e. The first kappa shape index (κ1) is 12.0. The number of hydrogen-bond acceptors (Lipinski definition) is 3. The fourth-order valence-corrected chi connectivity index (χ4v) is 0.765. The van der Waals surface area contributed by atoms with Gasteiger partial charge in [-0.3, -0.25) is 0 Å². The first-order valence-electron chi connectivity index (χ1n) is 4.30. The van der Waals surface area contributed by atoms with Gasteiger partial charge in [-0.2, -0.15) is 0 Å². The summed E-state index contributed by atoms with van der Waals surface area (Å²) in [5.74, 6) is -0.992. The van der Waals surface area contributed by atoms with Gasteiger partial charge in [-0.15, -0.1) is 0 Å². The van der Waals surface area contributed by atoms with Crippen LogP contribution in [0, 0.1) is 0 Å². The second-order valence-electron chi connectivity index (χ2n) is 2.79. The second kappa shape index (κ2) is 6.48. The first-order valence-corrected chi connectivity index (χ1v) is 4.30. The summed E-state index contributed by atoms with van der Waals surface area (Å²) in [5, 5.41) is 17.6. The molecular formula is C9H16O4. The molecule has 1 unspecified atom stereocenters. The molecule has 0 spiro atoms. The Morgan fingerprint density at radius 1 is 1.62 bits per heavy atom. The van der Waals surface area contributed by atoms with Crippen molar-refractivity contribution in [2.75, 3.05) is 6.61 Å². The number of ether oxygens (including phenoxy) is 1. The van der Waals surface area contributed by atoms with E-state index in [2.05, 4.69) is 0 Å². The number of aliphatic hydroxyl groups is 1. The van der Waals surface area contributed by atoms with Crippen molar-refractivity contribution in [3.8, 4) is 0 Å². The quantitative estimate of drug-likeness (QED) is 0.484. The molecule has 1 atom stereocenters. The summed E-state index contributed by atoms with van der Waals surface area (Å²) in [6.07, 6.45) is 1.52. The Morgan fingerprint density at radius 3 is 2.62 bits per heavy atom. The van der Waals surface area contributed by atoms with Gasteiger partial charge in [0, 0.05) is 0 Å². The Bertz CT molecular complexity index is 184. The van der Waals surface area contributed by atoms with Crippen LogP contribution in [0.3, 0.4) is 0 Å². The summed E-state index contributed by atoms with van der Waals surface area (Å²) >= 11 is 0. The van der Waals surface area contributed by atoms with Crippen LogP contribution in [0.2, 0.25) is 0 Å². The average molecular weight is 188 g/mol. The summed E-state index contributed by atoms with van der Waals surface area (Å²) in [6.45, 7) is 3.86. The van der Waals surface area contributed by atoms with Gasteiger partial charge in [-0.25, -0.2) is 4.79 Å². The van der Waals surface area contributed by atoms with Crippen molar-refractivity contribution in [3.63, 3.8) is 0 Å². The molecule has 2 N–H and O–H groups in total. The number of aliphatic hydroxyl groups excluding tert-OH is 1. The number of hydrogen-bond donors (Lipinski definition) is 2. The molecule has 76 valence electrons. The van der Waals surface area contributed by atoms with Gasteiger partial charge in [-0.05, 0) is 26.7 Å². The van der Waals surface area contributed by atoms with E-state index in [1.165, 1.54) is 6.26 Å². The van der Waals surface area contributed by atoms with Crippen LogP contribution in [-0.4, -0.2) is 28.9 Å². The molecule has 13 heavy (non-hydrogen) atoms. The lowest BCUT2D eigenvalue weighted by atomic mass is 10.1. The monoisotopic (exact) mass is 188 g/mol. The molecule has 0 aliphatic rings. The Kier molecular flexibility index (Phi) is 5.97. The van der Waals surface area contributed by atoms with E-state index < -0.39 is 12.1 Å². The molecule has 0 aromatic rings. The third-order valence-corrected chi connectivity index (χ3v) is 1.50. The highest BCUT2D eigenvalue weighted by molar-refractivity contribution is 5.86. The van der Waals surface area contributed by atoms with E-state index in [4.69, 9.17) is 14.9 Å². The van der Waals surface area contributed by atoms with Crippen LogP contribution in [0.5, 0.6) is 0 Å². The first-order chi connectivity index (χ1) is 6.07. The summed E-state index contributed by atoms with van der Waals surface area (Å²) < 4.78 is 4.86. The lowest BCUT2D eigenvalue weighted by molar-refractivity contribution is -0.133. The fourth-order valence-electron chi connectivity index (χ4n) is 0.765. The van der Waals surface area contributed by atoms with Crippen LogP contribution in [0.15, 0.2) is 11.8 Å². The highest BCUT2D eigenvalue weighted by atomic mass is 16.5. The zero-order valence-corrected chi connectivity index (χ0v) is 7.99. The van der Waals surface area contributed by atoms with E-state index in [9.17, 15) is 4.79 Å². The normalized spacial score (nSPS) is 13.9. The van der Waals surface area contributed by atoms with E-state index in [1.54, 1.807) is 13.8 Å². The van der Waals surface area contributed by atoms with Crippen LogP contribution in [0.4, 0.5) is 0 Å². The van der Waals surface area contributed by atoms with Gasteiger partial charge < -0.3 is 14.9 Å². The maximum Gasteiger partial charge on any atom is 0.334 e. The maximum absolute atomic E-state index is 10.6. The molecule has 0 radical (unpaired) electrons. The van der Waals surface area contributed by atoms with Crippen molar-refractivity contribution in [1.82, 2.24) is 0 Å². The topological polar surface area (TPSA) is 66.8 Å². The molecule has 4 heteroatoms. The molecule has 0 aromatic carbocycles. The number of carboxylic acid groups (broad SMARTS) is 1. The fraction of sp³-hybridized carbons (Fsp3) is 0.667. The van der Waals surface area contributed by atoms with Gasteiger partial charge in [0.15, 0.2) is 0 Å². The van der Waals surface area contributed by atoms with Crippen molar-refractivity contribution in [2.24, 2.45) is 0 Å². The largest absolute Gasteiger partial charge is 0.501 e. The predicted octanol–water partition coefficient (Wildman–Crippen LogP) is 1.15. The molecule has 0 bridgehead atoms. The second-order valence-corrected chi connectivity index (χ2v) is 2.79. The summed E-state index contributed by atoms with van der Waals surface area (Å²) in [7, 11) is 0. The van der Waals surface area contributed by atoms with Crippen molar-refractivity contribution < 1.29 is 19.7 Å². The molecule has 0 fully saturated rings. The number of carbonyl (C=O) groups is 1. The molecule has 0 saturated carbocycles. The van der Waals surface area contributed by atoms with E-state index in [0.29, 0.717) is 19.4 Å². The summed E-state index contributed by atoms with van der Waals surface area (Å²) in [5.41, 5.74) is 0.197. The predicted molar refractivity (Wildman–Crippen MR) is 48.3 cm³/mol. The van der Waals surface area contributed by atoms with Gasteiger partial charge in [0.2, 0.25) is 0 Å². The summed E-state index contributed by atoms with van der Waals surface area (Å²) in [4.78, 5) is 10.6. The van der Waals surface area contributed by atoms with Crippen LogP contribution >= 0.6 is 0 Å². The van der Waals surface area contributed by atoms with Crippen LogP contribution in [0.1, 0.15) is 26.7 Å². The molecular weight excluding hydrogens is 172 g/mol. The Labute approximate surface area is 77.8 Å². The minimum atomic E-state index is -0.992. The highest BCUT2D eigenvalue weighted by Crippen LogP contribution is 2.08. The lowest BCUT2D eigenvalue weighted by Gasteiger charge is -2.04. The van der Waals surface area contributed by atoms with Gasteiger partial charge in [0.05, 0.1) is 24.5 Å². The Hall–Kier alpha value is -1.03. The minimum absolute atomic E-state index is 0.197. The molecule has 0 amide bonds. The summed E-state index contributed by atoms with van der Waals surface area (Å²) in [6, 6.07) is 0. The SMILES string of the molecule is CCOC=C(CCC(C)O)C(=O)O. The van der Waals surface area contributed by atoms with Crippen molar-refractivity contribution in [3.05, 3.63) is 11.8 Å². The van der Waals surface area contributed by atoms with Crippen LogP contribution < -0.4 is 0 Å². The number of carboxylic acids is 1. The van der Waals surface area contributed by atoms with Crippen molar-refractivity contribution in [2.45, 2.75) is 32.8 Å². The van der Waals surface area contributed by atoms with Crippen LogP contribution in [0.25, 0.3) is 0 Å². The molecule has 0 saturated heterocycles. The number of rotatable bonds is 6. The van der Waals surface area contributed by atoms with E-state index >= 15 is 0 Å². The Morgan fingerprint density at radius 2 is 2.23 bits per heavy atom. The third-order valence-electron chi connectivity index (χ3n) is 1.50. The van der Waals surface area contributed by atoms with Crippen molar-refractivity contribution >= 4 is 5.97 Å². The lowest BCUT2D eigenvalue weighted by Crippen LogP contribution is -2.06. The molecule has 0 aliphatic heterocycles. The molecule has 4 nitrogen and oxygen atoms in total. The van der Waals surface area contributed by atoms with Crippen molar-refractivity contribution in [1.29, 1.82) is 0 Å². The Balaban J connectivity index is 4.02. The molecule has 0 aliphatic carbocycles. The zero-order valence-electron chi connectivity index (χ0n) is 7.99. The number of aliphatic carboxylic acids is 1. The molecule has 0 heterocycles. The van der Waals surface area contributed by atoms with E-state index in [0.717, 1.165) is 0 Å². The van der Waals surface area contributed by atoms with Crippen LogP contribution in [-0.2, 0) is 9.53 Å². The standard InChI is InChI=1S/C9H16O4/c1-3-13-6-8(9(11)12)5-4-7(2)10/h6-7,10H,3-5H2,1-2H3,(H,11,12). The smallest absolute Gasteiger partial charge is 0.334 e. The molecule has 0 aromatic heterocycles. The van der Waals surface area contributed by atoms with Gasteiger partial charge in [0.1, 0.15) is 0 Å². The van der Waals surface area contributed by atoms with E-state index in [1.807, 2.05) is 0 Å². The van der Waals surface area contributed by atoms with Gasteiger partial charge >= 0.3 is 5.97 Å². The van der Waals surface area contributed by atoms with Gasteiger partial charge in [0.25, 0.3) is 0 Å². The molecule has 0 rings (SSSR count). The maximum atomic E-state index is 10.6.